The van der Waals surface area contributed by atoms with Gasteiger partial charge in [-0.05, 0) is 47.1 Å². The molecule has 1 aromatic carbocycles. The first-order valence-corrected chi connectivity index (χ1v) is 7.25. The van der Waals surface area contributed by atoms with Gasteiger partial charge < -0.3 is 14.4 Å². The Balaban J connectivity index is 2.19. The topological polar surface area (TPSA) is 75.8 Å². The summed E-state index contributed by atoms with van der Waals surface area (Å²) < 4.78 is 7.61. The number of carbonyl (C=O) groups excluding carboxylic acids is 1. The highest BCUT2D eigenvalue weighted by molar-refractivity contribution is 9.10. The van der Waals surface area contributed by atoms with Gasteiger partial charge in [0.15, 0.2) is 0 Å². The summed E-state index contributed by atoms with van der Waals surface area (Å²) in [5.41, 5.74) is 3.91. The number of benzene rings is 1. The lowest BCUT2D eigenvalue weighted by atomic mass is 10.1. The van der Waals surface area contributed by atoms with Crippen LogP contribution in [0, 0.1) is 0 Å². The summed E-state index contributed by atoms with van der Waals surface area (Å²) >= 11 is 3.31. The lowest BCUT2D eigenvalue weighted by Gasteiger charge is -2.07. The van der Waals surface area contributed by atoms with Crippen LogP contribution in [0.1, 0.15) is 23.0 Å². The number of halogens is 1. The summed E-state index contributed by atoms with van der Waals surface area (Å²) in [6.07, 6.45) is 1.78. The molecule has 7 heteroatoms. The van der Waals surface area contributed by atoms with E-state index in [1.165, 1.54) is 13.2 Å². The van der Waals surface area contributed by atoms with Gasteiger partial charge in [-0.15, -0.1) is 0 Å². The van der Waals surface area contributed by atoms with Gasteiger partial charge in [0.05, 0.1) is 12.8 Å². The summed E-state index contributed by atoms with van der Waals surface area (Å²) in [6.45, 7) is 1.69. The Kier molecular flexibility index (Phi) is 4.87. The van der Waals surface area contributed by atoms with Gasteiger partial charge in [-0.25, -0.2) is 5.43 Å². The van der Waals surface area contributed by atoms with Crippen molar-refractivity contribution < 1.29 is 14.6 Å². The molecule has 0 aliphatic heterocycles. The average Bonchev–Trinajstić information content (AvgIpc) is 2.83. The fourth-order valence-corrected chi connectivity index (χ4v) is 2.46. The second kappa shape index (κ2) is 6.65. The predicted molar refractivity (Wildman–Crippen MR) is 87.4 cm³/mol. The monoisotopic (exact) mass is 365 g/mol. The van der Waals surface area contributed by atoms with Crippen LogP contribution in [0.4, 0.5) is 0 Å². The number of phenolic OH excluding ortho intramolecular Hbond substituents is 1. The number of aryl methyl sites for hydroxylation is 1. The molecule has 2 rings (SSSR count). The molecule has 0 aliphatic carbocycles. The Morgan fingerprint density at radius 2 is 2.14 bits per heavy atom. The molecule has 1 heterocycles. The maximum atomic E-state index is 12.1. The van der Waals surface area contributed by atoms with Crippen molar-refractivity contribution in [1.29, 1.82) is 0 Å². The quantitative estimate of drug-likeness (QED) is 0.645. The minimum Gasteiger partial charge on any atom is -0.507 e. The van der Waals surface area contributed by atoms with Crippen molar-refractivity contribution in [3.63, 3.8) is 0 Å². The number of aromatic nitrogens is 1. The second-order valence-electron chi connectivity index (χ2n) is 4.68. The van der Waals surface area contributed by atoms with Crippen molar-refractivity contribution in [2.75, 3.05) is 7.11 Å². The van der Waals surface area contributed by atoms with Gasteiger partial charge in [-0.2, -0.15) is 5.10 Å². The number of hydrazone groups is 1. The summed E-state index contributed by atoms with van der Waals surface area (Å²) in [5, 5.41) is 13.9. The number of nitrogens with zero attached hydrogens (tertiary/aromatic N) is 2. The van der Waals surface area contributed by atoms with Crippen LogP contribution in [0.15, 0.2) is 40.0 Å². The molecule has 1 amide bonds. The van der Waals surface area contributed by atoms with E-state index < -0.39 is 0 Å². The van der Waals surface area contributed by atoms with Gasteiger partial charge in [0.2, 0.25) is 0 Å². The first-order valence-electron chi connectivity index (χ1n) is 6.46. The molecule has 0 radical (unpaired) electrons. The van der Waals surface area contributed by atoms with E-state index in [0.717, 1.165) is 4.47 Å². The Morgan fingerprint density at radius 3 is 2.73 bits per heavy atom. The van der Waals surface area contributed by atoms with Crippen molar-refractivity contribution in [2.24, 2.45) is 12.1 Å². The second-order valence-corrected chi connectivity index (χ2v) is 5.59. The van der Waals surface area contributed by atoms with Crippen LogP contribution in [-0.2, 0) is 7.05 Å². The largest absolute Gasteiger partial charge is 0.507 e. The molecule has 0 aliphatic rings. The third kappa shape index (κ3) is 3.48. The molecule has 22 heavy (non-hydrogen) atoms. The third-order valence-electron chi connectivity index (χ3n) is 3.12. The predicted octanol–water partition coefficient (Wildman–Crippen LogP) is 2.66. The SMILES string of the molecule is COc1ccc(O)c(/C(C)=N/NC(=O)c2cc(Br)cn2C)c1. The Bertz CT molecular complexity index is 738. The van der Waals surface area contributed by atoms with Gasteiger partial charge in [-0.1, -0.05) is 0 Å². The van der Waals surface area contributed by atoms with Crippen molar-refractivity contribution >= 4 is 27.5 Å². The van der Waals surface area contributed by atoms with Crippen LogP contribution in [0.2, 0.25) is 0 Å². The molecule has 0 bridgehead atoms. The van der Waals surface area contributed by atoms with Crippen LogP contribution >= 0.6 is 15.9 Å². The fraction of sp³-hybridized carbons (Fsp3) is 0.200. The fourth-order valence-electron chi connectivity index (χ4n) is 1.93. The molecule has 2 N–H and O–H groups in total. The zero-order chi connectivity index (χ0) is 16.3. The molecule has 0 saturated heterocycles. The summed E-state index contributed by atoms with van der Waals surface area (Å²) in [4.78, 5) is 12.1. The number of methoxy groups -OCH3 is 1. The Labute approximate surface area is 136 Å². The number of carbonyl (C=O) groups is 1. The van der Waals surface area contributed by atoms with Crippen molar-refractivity contribution in [3.8, 4) is 11.5 Å². The van der Waals surface area contributed by atoms with Crippen LogP contribution in [0.5, 0.6) is 11.5 Å². The number of hydrogen-bond acceptors (Lipinski definition) is 4. The van der Waals surface area contributed by atoms with Crippen LogP contribution < -0.4 is 10.2 Å². The summed E-state index contributed by atoms with van der Waals surface area (Å²) in [7, 11) is 3.31. The van der Waals surface area contributed by atoms with E-state index in [0.29, 0.717) is 22.7 Å². The van der Waals surface area contributed by atoms with E-state index in [9.17, 15) is 9.90 Å². The van der Waals surface area contributed by atoms with Crippen molar-refractivity contribution in [3.05, 3.63) is 46.2 Å². The van der Waals surface area contributed by atoms with E-state index in [1.54, 1.807) is 42.9 Å². The van der Waals surface area contributed by atoms with Gasteiger partial charge in [0.1, 0.15) is 17.2 Å². The number of amides is 1. The van der Waals surface area contributed by atoms with Gasteiger partial charge in [0.25, 0.3) is 5.91 Å². The highest BCUT2D eigenvalue weighted by Crippen LogP contribution is 2.23. The first-order chi connectivity index (χ1) is 10.4. The summed E-state index contributed by atoms with van der Waals surface area (Å²) in [6, 6.07) is 6.51. The average molecular weight is 366 g/mol. The number of hydrogen-bond donors (Lipinski definition) is 2. The van der Waals surface area contributed by atoms with E-state index in [4.69, 9.17) is 4.74 Å². The third-order valence-corrected chi connectivity index (χ3v) is 3.56. The van der Waals surface area contributed by atoms with Crippen molar-refractivity contribution in [1.82, 2.24) is 9.99 Å². The number of phenols is 1. The molecule has 0 unspecified atom stereocenters. The van der Waals surface area contributed by atoms with Crippen molar-refractivity contribution in [2.45, 2.75) is 6.92 Å². The van der Waals surface area contributed by atoms with Crippen LogP contribution in [-0.4, -0.2) is 28.4 Å². The highest BCUT2D eigenvalue weighted by atomic mass is 79.9. The van der Waals surface area contributed by atoms with Gasteiger partial charge in [0, 0.05) is 23.3 Å². The van der Waals surface area contributed by atoms with E-state index >= 15 is 0 Å². The minimum absolute atomic E-state index is 0.0675. The Hall–Kier alpha value is -2.28. The molecule has 6 nitrogen and oxygen atoms in total. The number of ether oxygens (including phenoxy) is 1. The molecule has 1 aromatic heterocycles. The Morgan fingerprint density at radius 1 is 1.41 bits per heavy atom. The molecule has 0 atom stereocenters. The number of nitrogens with one attached hydrogen (secondary N) is 1. The summed E-state index contributed by atoms with van der Waals surface area (Å²) in [5.74, 6) is 0.327. The molecular weight excluding hydrogens is 350 g/mol. The van der Waals surface area contributed by atoms with Gasteiger partial charge >= 0.3 is 0 Å². The zero-order valence-corrected chi connectivity index (χ0v) is 14.0. The lowest BCUT2D eigenvalue weighted by Crippen LogP contribution is -2.21. The smallest absolute Gasteiger partial charge is 0.288 e. The molecule has 0 spiro atoms. The number of rotatable bonds is 4. The maximum Gasteiger partial charge on any atom is 0.288 e. The van der Waals surface area contributed by atoms with Crippen LogP contribution in [0.3, 0.4) is 0 Å². The highest BCUT2D eigenvalue weighted by Gasteiger charge is 2.11. The molecule has 116 valence electrons. The maximum absolute atomic E-state index is 12.1. The molecular formula is C15H16BrN3O3. The molecule has 0 saturated carbocycles. The van der Waals surface area contributed by atoms with Gasteiger partial charge in [-0.3, -0.25) is 4.79 Å². The minimum atomic E-state index is -0.338. The zero-order valence-electron chi connectivity index (χ0n) is 12.4. The van der Waals surface area contributed by atoms with E-state index in [-0.39, 0.29) is 11.7 Å². The normalized spacial score (nSPS) is 11.4. The molecule has 0 fully saturated rings. The lowest BCUT2D eigenvalue weighted by molar-refractivity contribution is 0.0946. The first kappa shape index (κ1) is 16.1. The number of aromatic hydroxyl groups is 1. The standard InChI is InChI=1S/C15H16BrN3O3/c1-9(12-7-11(22-3)4-5-14(12)20)17-18-15(21)13-6-10(16)8-19(13)2/h4-8,20H,1-3H3,(H,18,21)/b17-9+. The van der Waals surface area contributed by atoms with Crippen LogP contribution in [0.25, 0.3) is 0 Å². The van der Waals surface area contributed by atoms with E-state index in [1.807, 2.05) is 0 Å². The molecule has 2 aromatic rings. The van der Waals surface area contributed by atoms with E-state index in [2.05, 4.69) is 26.5 Å².